The van der Waals surface area contributed by atoms with Crippen LogP contribution in [0.5, 0.6) is 0 Å². The zero-order valence-electron chi connectivity index (χ0n) is 21.0. The molecule has 2 heterocycles. The summed E-state index contributed by atoms with van der Waals surface area (Å²) >= 11 is 0. The summed E-state index contributed by atoms with van der Waals surface area (Å²) in [5.41, 5.74) is 4.58. The lowest BCUT2D eigenvalue weighted by Crippen LogP contribution is -2.42. The van der Waals surface area contributed by atoms with Gasteiger partial charge in [-0.05, 0) is 94.3 Å². The molecule has 0 spiro atoms. The van der Waals surface area contributed by atoms with Gasteiger partial charge in [-0.15, -0.1) is 0 Å². The van der Waals surface area contributed by atoms with Crippen molar-refractivity contribution in [1.82, 2.24) is 20.0 Å². The van der Waals surface area contributed by atoms with Crippen molar-refractivity contribution in [3.8, 4) is 11.1 Å². The summed E-state index contributed by atoms with van der Waals surface area (Å²) in [5.74, 6) is 0.000344. The molecule has 1 aliphatic heterocycles. The van der Waals surface area contributed by atoms with E-state index in [1.165, 1.54) is 0 Å². The van der Waals surface area contributed by atoms with Crippen LogP contribution in [-0.4, -0.2) is 51.4 Å². The van der Waals surface area contributed by atoms with Gasteiger partial charge in [0.25, 0.3) is 5.91 Å². The number of piperidine rings is 1. The number of hydrogen-bond acceptors (Lipinski definition) is 4. The van der Waals surface area contributed by atoms with Crippen molar-refractivity contribution in [1.29, 1.82) is 0 Å². The van der Waals surface area contributed by atoms with Crippen LogP contribution in [0.3, 0.4) is 0 Å². The Labute approximate surface area is 206 Å². The summed E-state index contributed by atoms with van der Waals surface area (Å²) in [4.78, 5) is 26.7. The molecule has 2 amide bonds. The molecule has 5 rings (SSSR count). The van der Waals surface area contributed by atoms with Crippen molar-refractivity contribution in [2.24, 2.45) is 0 Å². The van der Waals surface area contributed by atoms with Gasteiger partial charge in [0.05, 0.1) is 17.8 Å². The molecule has 184 valence electrons. The number of likely N-dealkylation sites (tertiary alicyclic amines) is 1. The molecule has 0 atom stereocenters. The van der Waals surface area contributed by atoms with Gasteiger partial charge < -0.3 is 15.0 Å². The number of aryl methyl sites for hydroxylation is 1. The van der Waals surface area contributed by atoms with E-state index in [-0.39, 0.29) is 18.0 Å². The summed E-state index contributed by atoms with van der Waals surface area (Å²) < 4.78 is 7.62. The zero-order chi connectivity index (χ0) is 24.7. The van der Waals surface area contributed by atoms with Gasteiger partial charge in [-0.25, -0.2) is 4.79 Å². The van der Waals surface area contributed by atoms with Crippen molar-refractivity contribution in [2.45, 2.75) is 71.1 Å². The third-order valence-corrected chi connectivity index (χ3v) is 6.78. The van der Waals surface area contributed by atoms with E-state index in [4.69, 9.17) is 9.84 Å². The molecule has 7 nitrogen and oxygen atoms in total. The normalized spacial score (nSPS) is 17.0. The molecule has 2 fully saturated rings. The Morgan fingerprint density at radius 2 is 1.77 bits per heavy atom. The maximum atomic E-state index is 12.6. The highest BCUT2D eigenvalue weighted by Gasteiger charge is 2.28. The molecule has 2 aromatic carbocycles. The first-order chi connectivity index (χ1) is 16.7. The van der Waals surface area contributed by atoms with Gasteiger partial charge in [0.1, 0.15) is 5.60 Å². The van der Waals surface area contributed by atoms with E-state index in [1.54, 1.807) is 4.90 Å². The average Bonchev–Trinajstić information content (AvgIpc) is 3.53. The SMILES string of the molecule is Cc1ccc(C(=O)NC2CC2)cc1-c1ccc2c(cnn2C2CCN(C(=O)OC(C)(C)C)CC2)c1. The second kappa shape index (κ2) is 9.02. The van der Waals surface area contributed by atoms with E-state index in [0.717, 1.165) is 53.3 Å². The van der Waals surface area contributed by atoms with Crippen LogP contribution in [0.4, 0.5) is 4.79 Å². The number of hydrogen-bond donors (Lipinski definition) is 1. The molecule has 0 unspecified atom stereocenters. The Kier molecular flexibility index (Phi) is 6.03. The quantitative estimate of drug-likeness (QED) is 0.544. The van der Waals surface area contributed by atoms with Gasteiger partial charge in [0.2, 0.25) is 0 Å². The zero-order valence-corrected chi connectivity index (χ0v) is 21.0. The predicted octanol–water partition coefficient (Wildman–Crippen LogP) is 5.48. The fourth-order valence-electron chi connectivity index (χ4n) is 4.70. The first-order valence-electron chi connectivity index (χ1n) is 12.5. The smallest absolute Gasteiger partial charge is 0.410 e. The molecule has 0 radical (unpaired) electrons. The molecule has 0 bridgehead atoms. The van der Waals surface area contributed by atoms with E-state index in [2.05, 4.69) is 35.1 Å². The van der Waals surface area contributed by atoms with Crippen LogP contribution in [0.2, 0.25) is 0 Å². The van der Waals surface area contributed by atoms with Crippen molar-refractivity contribution in [3.05, 3.63) is 53.7 Å². The van der Waals surface area contributed by atoms with Gasteiger partial charge in [-0.3, -0.25) is 9.48 Å². The van der Waals surface area contributed by atoms with Crippen LogP contribution in [-0.2, 0) is 4.74 Å². The number of aromatic nitrogens is 2. The fourth-order valence-corrected chi connectivity index (χ4v) is 4.70. The summed E-state index contributed by atoms with van der Waals surface area (Å²) in [5, 5.41) is 8.86. The summed E-state index contributed by atoms with van der Waals surface area (Å²) in [6.45, 7) is 9.07. The minimum atomic E-state index is -0.483. The van der Waals surface area contributed by atoms with Crippen molar-refractivity contribution < 1.29 is 14.3 Å². The standard InChI is InChI=1S/C28H34N4O3/c1-18-5-6-20(26(33)30-22-8-9-22)16-24(18)19-7-10-25-21(15-19)17-29-32(25)23-11-13-31(14-12-23)27(34)35-28(2,3)4/h5-7,10,15-17,22-23H,8-9,11-14H2,1-4H3,(H,30,33). The third kappa shape index (κ3) is 5.19. The van der Waals surface area contributed by atoms with Crippen LogP contribution in [0.25, 0.3) is 22.0 Å². The average molecular weight is 475 g/mol. The number of carbonyl (C=O) groups is 2. The molecule has 1 N–H and O–H groups in total. The van der Waals surface area contributed by atoms with E-state index < -0.39 is 5.60 Å². The van der Waals surface area contributed by atoms with Crippen LogP contribution in [0.1, 0.15) is 68.4 Å². The van der Waals surface area contributed by atoms with Crippen molar-refractivity contribution in [2.75, 3.05) is 13.1 Å². The Balaban J connectivity index is 1.32. The lowest BCUT2D eigenvalue weighted by Gasteiger charge is -2.33. The highest BCUT2D eigenvalue weighted by Crippen LogP contribution is 2.31. The lowest BCUT2D eigenvalue weighted by atomic mass is 9.97. The molecular formula is C28H34N4O3. The van der Waals surface area contributed by atoms with Gasteiger partial charge in [0, 0.05) is 30.1 Å². The molecule has 1 saturated heterocycles. The minimum Gasteiger partial charge on any atom is -0.444 e. The second-order valence-corrected chi connectivity index (χ2v) is 10.8. The molecule has 2 aliphatic rings. The van der Waals surface area contributed by atoms with Crippen molar-refractivity contribution in [3.63, 3.8) is 0 Å². The maximum Gasteiger partial charge on any atom is 0.410 e. The molecule has 35 heavy (non-hydrogen) atoms. The molecule has 7 heteroatoms. The monoisotopic (exact) mass is 474 g/mol. The molecule has 1 aliphatic carbocycles. The topological polar surface area (TPSA) is 76.5 Å². The van der Waals surface area contributed by atoms with E-state index in [0.29, 0.717) is 24.7 Å². The van der Waals surface area contributed by atoms with E-state index in [1.807, 2.05) is 45.2 Å². The van der Waals surface area contributed by atoms with Gasteiger partial charge in [-0.2, -0.15) is 5.10 Å². The fraction of sp³-hybridized carbons (Fsp3) is 0.464. The first kappa shape index (κ1) is 23.4. The summed E-state index contributed by atoms with van der Waals surface area (Å²) in [6, 6.07) is 12.9. The Bertz CT molecular complexity index is 1260. The first-order valence-corrected chi connectivity index (χ1v) is 12.5. The van der Waals surface area contributed by atoms with Crippen LogP contribution in [0.15, 0.2) is 42.6 Å². The van der Waals surface area contributed by atoms with E-state index >= 15 is 0 Å². The lowest BCUT2D eigenvalue weighted by molar-refractivity contribution is 0.0186. The number of benzene rings is 2. The predicted molar refractivity (Wildman–Crippen MR) is 136 cm³/mol. The van der Waals surface area contributed by atoms with Crippen LogP contribution >= 0.6 is 0 Å². The number of rotatable bonds is 4. The van der Waals surface area contributed by atoms with E-state index in [9.17, 15) is 9.59 Å². The number of nitrogens with one attached hydrogen (secondary N) is 1. The number of carbonyl (C=O) groups excluding carboxylic acids is 2. The summed E-state index contributed by atoms with van der Waals surface area (Å²) in [7, 11) is 0. The molecule has 1 saturated carbocycles. The Morgan fingerprint density at radius 3 is 2.46 bits per heavy atom. The molecule has 3 aromatic rings. The van der Waals surface area contributed by atoms with Crippen molar-refractivity contribution >= 4 is 22.9 Å². The third-order valence-electron chi connectivity index (χ3n) is 6.78. The second-order valence-electron chi connectivity index (χ2n) is 10.8. The number of amides is 2. The molecular weight excluding hydrogens is 440 g/mol. The Hall–Kier alpha value is -3.35. The Morgan fingerprint density at radius 1 is 1.03 bits per heavy atom. The number of nitrogens with zero attached hydrogens (tertiary/aromatic N) is 3. The van der Waals surface area contributed by atoms with Gasteiger partial charge in [0.15, 0.2) is 0 Å². The van der Waals surface area contributed by atoms with Crippen LogP contribution in [0, 0.1) is 6.92 Å². The van der Waals surface area contributed by atoms with Crippen LogP contribution < -0.4 is 5.32 Å². The van der Waals surface area contributed by atoms with Gasteiger partial charge in [-0.1, -0.05) is 12.1 Å². The van der Waals surface area contributed by atoms with Gasteiger partial charge >= 0.3 is 6.09 Å². The number of ether oxygens (including phenoxy) is 1. The largest absolute Gasteiger partial charge is 0.444 e. The summed E-state index contributed by atoms with van der Waals surface area (Å²) in [6.07, 6.45) is 5.51. The highest BCUT2D eigenvalue weighted by atomic mass is 16.6. The minimum absolute atomic E-state index is 0.000344. The maximum absolute atomic E-state index is 12.6. The molecule has 1 aromatic heterocycles. The number of fused-ring (bicyclic) bond motifs is 1. The highest BCUT2D eigenvalue weighted by molar-refractivity contribution is 5.96.